The topological polar surface area (TPSA) is 73.6 Å². The highest BCUT2D eigenvalue weighted by molar-refractivity contribution is 5.85. The zero-order chi connectivity index (χ0) is 16.3. The van der Waals surface area contributed by atoms with E-state index >= 15 is 0 Å². The minimum atomic E-state index is -0.376. The first-order chi connectivity index (χ1) is 11.1. The molecule has 1 aromatic carbocycles. The number of amides is 1. The first-order valence-electron chi connectivity index (χ1n) is 8.51. The van der Waals surface area contributed by atoms with Crippen LogP contribution in [-0.2, 0) is 11.2 Å². The lowest BCUT2D eigenvalue weighted by Crippen LogP contribution is -2.53. The fraction of sp³-hybridized carbons (Fsp3) is 0.611. The Bertz CT molecular complexity index is 577. The van der Waals surface area contributed by atoms with Crippen LogP contribution in [0.15, 0.2) is 18.2 Å². The lowest BCUT2D eigenvalue weighted by molar-refractivity contribution is -0.128. The number of nitrogens with one attached hydrogen (secondary N) is 1. The highest BCUT2D eigenvalue weighted by Crippen LogP contribution is 2.32. The molecule has 0 spiro atoms. The van der Waals surface area contributed by atoms with E-state index in [0.29, 0.717) is 19.8 Å². The molecule has 5 nitrogen and oxygen atoms in total. The number of hydrogen-bond donors (Lipinski definition) is 2. The highest BCUT2D eigenvalue weighted by atomic mass is 35.5. The maximum Gasteiger partial charge on any atom is 0.224 e. The molecular weight excluding hydrogens is 328 g/mol. The second kappa shape index (κ2) is 8.08. The number of ether oxygens (including phenoxy) is 2. The largest absolute Gasteiger partial charge is 0.486 e. The summed E-state index contributed by atoms with van der Waals surface area (Å²) in [5, 5.41) is 3.05. The van der Waals surface area contributed by atoms with E-state index in [2.05, 4.69) is 5.32 Å². The van der Waals surface area contributed by atoms with Gasteiger partial charge in [0.15, 0.2) is 11.5 Å². The van der Waals surface area contributed by atoms with Gasteiger partial charge in [-0.1, -0.05) is 18.9 Å². The van der Waals surface area contributed by atoms with Crippen LogP contribution in [-0.4, -0.2) is 31.2 Å². The summed E-state index contributed by atoms with van der Waals surface area (Å²) in [7, 11) is 0. The molecule has 134 valence electrons. The van der Waals surface area contributed by atoms with Gasteiger partial charge in [0.1, 0.15) is 13.2 Å². The minimum Gasteiger partial charge on any atom is -0.486 e. The molecule has 2 atom stereocenters. The summed E-state index contributed by atoms with van der Waals surface area (Å²) in [5.41, 5.74) is 7.05. The van der Waals surface area contributed by atoms with E-state index < -0.39 is 0 Å². The van der Waals surface area contributed by atoms with Gasteiger partial charge < -0.3 is 20.5 Å². The van der Waals surface area contributed by atoms with Gasteiger partial charge in [-0.25, -0.2) is 0 Å². The lowest BCUT2D eigenvalue weighted by Gasteiger charge is -2.37. The number of benzene rings is 1. The van der Waals surface area contributed by atoms with Crippen LogP contribution in [0.4, 0.5) is 0 Å². The second-order valence-corrected chi connectivity index (χ2v) is 6.82. The van der Waals surface area contributed by atoms with Crippen LogP contribution in [0, 0.1) is 5.92 Å². The maximum absolute atomic E-state index is 12.4. The number of carbonyl (C=O) groups is 1. The first-order valence-corrected chi connectivity index (χ1v) is 8.51. The maximum atomic E-state index is 12.4. The molecule has 0 bridgehead atoms. The van der Waals surface area contributed by atoms with Crippen molar-refractivity contribution < 1.29 is 14.3 Å². The smallest absolute Gasteiger partial charge is 0.224 e. The molecule has 0 radical (unpaired) electrons. The first kappa shape index (κ1) is 18.9. The molecule has 1 aliphatic heterocycles. The van der Waals surface area contributed by atoms with Gasteiger partial charge in [0.25, 0.3) is 0 Å². The van der Waals surface area contributed by atoms with E-state index in [1.165, 1.54) is 0 Å². The third-order valence-corrected chi connectivity index (χ3v) is 4.89. The quantitative estimate of drug-likeness (QED) is 0.871. The Balaban J connectivity index is 0.00000208. The van der Waals surface area contributed by atoms with Gasteiger partial charge >= 0.3 is 0 Å². The van der Waals surface area contributed by atoms with Gasteiger partial charge in [-0.2, -0.15) is 0 Å². The molecule has 24 heavy (non-hydrogen) atoms. The summed E-state index contributed by atoms with van der Waals surface area (Å²) in [5.74, 6) is 1.61. The molecule has 2 unspecified atom stereocenters. The van der Waals surface area contributed by atoms with Crippen molar-refractivity contribution in [2.75, 3.05) is 19.8 Å². The molecule has 1 saturated carbocycles. The molecule has 1 amide bonds. The van der Waals surface area contributed by atoms with Crippen LogP contribution in [0.3, 0.4) is 0 Å². The summed E-state index contributed by atoms with van der Waals surface area (Å²) in [6, 6.07) is 5.95. The molecule has 1 aromatic rings. The zero-order valence-electron chi connectivity index (χ0n) is 14.2. The van der Waals surface area contributed by atoms with Gasteiger partial charge in [-0.3, -0.25) is 4.79 Å². The van der Waals surface area contributed by atoms with E-state index in [1.54, 1.807) is 0 Å². The lowest BCUT2D eigenvalue weighted by atomic mass is 9.74. The van der Waals surface area contributed by atoms with E-state index in [4.69, 9.17) is 15.2 Å². The Morgan fingerprint density at radius 1 is 1.29 bits per heavy atom. The molecule has 1 aliphatic carbocycles. The Kier molecular flexibility index (Phi) is 6.35. The Hall–Kier alpha value is -1.46. The van der Waals surface area contributed by atoms with Crippen LogP contribution in [0.1, 0.15) is 38.2 Å². The number of carbonyl (C=O) groups excluding carboxylic acids is 1. The summed E-state index contributed by atoms with van der Waals surface area (Å²) in [4.78, 5) is 12.4. The van der Waals surface area contributed by atoms with Crippen LogP contribution < -0.4 is 20.5 Å². The van der Waals surface area contributed by atoms with Crippen LogP contribution in [0.5, 0.6) is 11.5 Å². The molecule has 1 heterocycles. The van der Waals surface area contributed by atoms with Crippen molar-refractivity contribution >= 4 is 18.3 Å². The Morgan fingerprint density at radius 2 is 2.04 bits per heavy atom. The summed E-state index contributed by atoms with van der Waals surface area (Å²) in [6.45, 7) is 3.80. The number of hydrogen-bond acceptors (Lipinski definition) is 4. The van der Waals surface area contributed by atoms with Crippen LogP contribution >= 0.6 is 12.4 Å². The molecule has 1 fully saturated rings. The standard InChI is InChI=1S/C18H26N2O3.ClH/c1-18(19)8-3-2-4-14(18)17(21)20-9-7-13-5-6-15-16(12-13)23-11-10-22-15;/h5-6,12,14H,2-4,7-11,19H2,1H3,(H,20,21);1H. The molecule has 3 rings (SSSR count). The Morgan fingerprint density at radius 3 is 2.79 bits per heavy atom. The van der Waals surface area contributed by atoms with E-state index in [1.807, 2.05) is 25.1 Å². The number of halogens is 1. The SMILES string of the molecule is CC1(N)CCCCC1C(=O)NCCc1ccc2c(c1)OCCO2.Cl. The summed E-state index contributed by atoms with van der Waals surface area (Å²) >= 11 is 0. The molecule has 0 saturated heterocycles. The van der Waals surface area contributed by atoms with Gasteiger partial charge in [0.05, 0.1) is 5.92 Å². The van der Waals surface area contributed by atoms with Crippen molar-refractivity contribution in [2.24, 2.45) is 11.7 Å². The summed E-state index contributed by atoms with van der Waals surface area (Å²) < 4.78 is 11.1. The zero-order valence-corrected chi connectivity index (χ0v) is 15.0. The number of nitrogens with two attached hydrogens (primary N) is 1. The van der Waals surface area contributed by atoms with Crippen molar-refractivity contribution in [1.82, 2.24) is 5.32 Å². The van der Waals surface area contributed by atoms with Crippen molar-refractivity contribution in [3.63, 3.8) is 0 Å². The van der Waals surface area contributed by atoms with E-state index in [9.17, 15) is 4.79 Å². The third kappa shape index (κ3) is 4.33. The van der Waals surface area contributed by atoms with E-state index in [-0.39, 0.29) is 29.8 Å². The van der Waals surface area contributed by atoms with E-state index in [0.717, 1.165) is 49.2 Å². The van der Waals surface area contributed by atoms with Crippen LogP contribution in [0.25, 0.3) is 0 Å². The Labute approximate surface area is 149 Å². The second-order valence-electron chi connectivity index (χ2n) is 6.82. The van der Waals surface area contributed by atoms with Gasteiger partial charge in [-0.05, 0) is 43.9 Å². The number of rotatable bonds is 4. The highest BCUT2D eigenvalue weighted by Gasteiger charge is 2.37. The van der Waals surface area contributed by atoms with Gasteiger partial charge in [-0.15, -0.1) is 12.4 Å². The van der Waals surface area contributed by atoms with Crippen molar-refractivity contribution in [3.05, 3.63) is 23.8 Å². The normalized spacial score (nSPS) is 25.5. The van der Waals surface area contributed by atoms with Gasteiger partial charge in [0.2, 0.25) is 5.91 Å². The average Bonchev–Trinajstić information content (AvgIpc) is 2.54. The molecular formula is C18H27ClN2O3. The monoisotopic (exact) mass is 354 g/mol. The fourth-order valence-electron chi connectivity index (χ4n) is 3.49. The predicted octanol–water partition coefficient (Wildman–Crippen LogP) is 2.45. The predicted molar refractivity (Wildman–Crippen MR) is 95.9 cm³/mol. The molecule has 6 heteroatoms. The van der Waals surface area contributed by atoms with Crippen LogP contribution in [0.2, 0.25) is 0 Å². The minimum absolute atomic E-state index is 0. The van der Waals surface area contributed by atoms with Crippen molar-refractivity contribution in [2.45, 2.75) is 44.6 Å². The average molecular weight is 355 g/mol. The molecule has 0 aromatic heterocycles. The summed E-state index contributed by atoms with van der Waals surface area (Å²) in [6.07, 6.45) is 4.80. The van der Waals surface area contributed by atoms with Crippen molar-refractivity contribution in [1.29, 1.82) is 0 Å². The fourth-order valence-corrected chi connectivity index (χ4v) is 3.49. The number of fused-ring (bicyclic) bond motifs is 1. The molecule has 3 N–H and O–H groups in total. The van der Waals surface area contributed by atoms with Crippen molar-refractivity contribution in [3.8, 4) is 11.5 Å². The molecule has 2 aliphatic rings. The third-order valence-electron chi connectivity index (χ3n) is 4.89. The van der Waals surface area contributed by atoms with Gasteiger partial charge in [0, 0.05) is 12.1 Å².